The lowest BCUT2D eigenvalue weighted by molar-refractivity contribution is 0.216. The largest absolute Gasteiger partial charge is 0.497 e. The fourth-order valence-corrected chi connectivity index (χ4v) is 3.68. The molecule has 0 radical (unpaired) electrons. The summed E-state index contributed by atoms with van der Waals surface area (Å²) in [5, 5.41) is 10.7. The summed E-state index contributed by atoms with van der Waals surface area (Å²) in [5.74, 6) is 0.609. The highest BCUT2D eigenvalue weighted by Gasteiger charge is 2.34. The molecule has 0 aliphatic heterocycles. The number of benzene rings is 2. The second-order valence-corrected chi connectivity index (χ2v) is 9.00. The molecule has 0 fully saturated rings. The Kier molecular flexibility index (Phi) is 4.82. The molecule has 0 aromatic heterocycles. The van der Waals surface area contributed by atoms with E-state index >= 15 is 0 Å². The molecule has 0 bridgehead atoms. The molecule has 0 saturated carbocycles. The first kappa shape index (κ1) is 17.5. The SMILES string of the molecule is COc1cccc(C(O)c2ccccc2S(=O)(=O)C(C)(C)C)c1. The number of methoxy groups -OCH3 is 1. The van der Waals surface area contributed by atoms with Crippen LogP contribution in [0.3, 0.4) is 0 Å². The van der Waals surface area contributed by atoms with Crippen molar-refractivity contribution < 1.29 is 18.3 Å². The molecule has 5 heteroatoms. The van der Waals surface area contributed by atoms with Crippen molar-refractivity contribution in [2.75, 3.05) is 7.11 Å². The van der Waals surface area contributed by atoms with Crippen molar-refractivity contribution in [3.8, 4) is 5.75 Å². The number of aliphatic hydroxyl groups is 1. The zero-order chi connectivity index (χ0) is 17.3. The van der Waals surface area contributed by atoms with Gasteiger partial charge in [-0.15, -0.1) is 0 Å². The van der Waals surface area contributed by atoms with Gasteiger partial charge in [0.1, 0.15) is 11.9 Å². The van der Waals surface area contributed by atoms with Gasteiger partial charge in [-0.2, -0.15) is 0 Å². The minimum absolute atomic E-state index is 0.155. The van der Waals surface area contributed by atoms with Crippen LogP contribution in [0.15, 0.2) is 53.4 Å². The van der Waals surface area contributed by atoms with Crippen LogP contribution in [-0.4, -0.2) is 25.4 Å². The van der Waals surface area contributed by atoms with Gasteiger partial charge < -0.3 is 9.84 Å². The Morgan fingerprint density at radius 2 is 1.70 bits per heavy atom. The molecule has 0 heterocycles. The summed E-state index contributed by atoms with van der Waals surface area (Å²) < 4.78 is 29.8. The van der Waals surface area contributed by atoms with Crippen molar-refractivity contribution in [2.24, 2.45) is 0 Å². The molecule has 0 aliphatic carbocycles. The van der Waals surface area contributed by atoms with Crippen molar-refractivity contribution in [2.45, 2.75) is 36.5 Å². The lowest BCUT2D eigenvalue weighted by Gasteiger charge is -2.23. The predicted octanol–water partition coefficient (Wildman–Crippen LogP) is 3.35. The summed E-state index contributed by atoms with van der Waals surface area (Å²) in [5.41, 5.74) is 0.955. The van der Waals surface area contributed by atoms with E-state index in [1.807, 2.05) is 0 Å². The van der Waals surface area contributed by atoms with E-state index in [0.717, 1.165) is 0 Å². The van der Waals surface area contributed by atoms with E-state index in [4.69, 9.17) is 4.74 Å². The maximum Gasteiger partial charge on any atom is 0.183 e. The Morgan fingerprint density at radius 3 is 2.30 bits per heavy atom. The van der Waals surface area contributed by atoms with Gasteiger partial charge in [0, 0.05) is 5.56 Å². The topological polar surface area (TPSA) is 63.6 Å². The van der Waals surface area contributed by atoms with Crippen molar-refractivity contribution in [3.63, 3.8) is 0 Å². The molecule has 2 rings (SSSR count). The fraction of sp³-hybridized carbons (Fsp3) is 0.333. The maximum absolute atomic E-state index is 12.8. The number of rotatable bonds is 4. The minimum Gasteiger partial charge on any atom is -0.497 e. The third-order valence-corrected chi connectivity index (χ3v) is 6.28. The van der Waals surface area contributed by atoms with Gasteiger partial charge in [-0.1, -0.05) is 30.3 Å². The minimum atomic E-state index is -3.57. The summed E-state index contributed by atoms with van der Waals surface area (Å²) >= 11 is 0. The van der Waals surface area contributed by atoms with E-state index in [1.54, 1.807) is 76.4 Å². The Balaban J connectivity index is 2.57. The first-order valence-electron chi connectivity index (χ1n) is 7.34. The maximum atomic E-state index is 12.8. The molecular formula is C18H22O4S. The lowest BCUT2D eigenvalue weighted by Crippen LogP contribution is -2.29. The zero-order valence-electron chi connectivity index (χ0n) is 13.8. The third-order valence-electron chi connectivity index (χ3n) is 3.72. The average molecular weight is 334 g/mol. The van der Waals surface area contributed by atoms with Crippen molar-refractivity contribution in [3.05, 3.63) is 59.7 Å². The van der Waals surface area contributed by atoms with Crippen LogP contribution in [0.2, 0.25) is 0 Å². The van der Waals surface area contributed by atoms with Crippen molar-refractivity contribution in [1.82, 2.24) is 0 Å². The van der Waals surface area contributed by atoms with Gasteiger partial charge in [0.15, 0.2) is 9.84 Å². The number of sulfone groups is 1. The molecule has 2 aromatic rings. The molecule has 4 nitrogen and oxygen atoms in total. The molecule has 1 atom stereocenters. The molecule has 23 heavy (non-hydrogen) atoms. The Hall–Kier alpha value is -1.85. The monoisotopic (exact) mass is 334 g/mol. The van der Waals surface area contributed by atoms with E-state index in [0.29, 0.717) is 16.9 Å². The van der Waals surface area contributed by atoms with Gasteiger partial charge in [-0.05, 0) is 44.5 Å². The first-order chi connectivity index (χ1) is 10.7. The van der Waals surface area contributed by atoms with Crippen LogP contribution < -0.4 is 4.74 Å². The van der Waals surface area contributed by atoms with Crippen LogP contribution in [0, 0.1) is 0 Å². The van der Waals surface area contributed by atoms with E-state index in [1.165, 1.54) is 0 Å². The number of hydrogen-bond donors (Lipinski definition) is 1. The van der Waals surface area contributed by atoms with Crippen LogP contribution in [0.4, 0.5) is 0 Å². The predicted molar refractivity (Wildman–Crippen MR) is 90.4 cm³/mol. The summed E-state index contributed by atoms with van der Waals surface area (Å²) in [6, 6.07) is 13.5. The highest BCUT2D eigenvalue weighted by Crippen LogP contribution is 2.33. The van der Waals surface area contributed by atoms with Crippen molar-refractivity contribution >= 4 is 9.84 Å². The molecular weight excluding hydrogens is 312 g/mol. The molecule has 1 N–H and O–H groups in total. The van der Waals surface area contributed by atoms with Gasteiger partial charge in [-0.3, -0.25) is 0 Å². The molecule has 0 amide bonds. The molecule has 0 aliphatic rings. The smallest absolute Gasteiger partial charge is 0.183 e. The standard InChI is InChI=1S/C18H22O4S/c1-18(2,3)23(20,21)16-11-6-5-10-15(16)17(19)13-8-7-9-14(12-13)22-4/h5-12,17,19H,1-4H3. The highest BCUT2D eigenvalue weighted by atomic mass is 32.2. The second kappa shape index (κ2) is 6.34. The summed E-state index contributed by atoms with van der Waals surface area (Å²) in [6.45, 7) is 4.95. The average Bonchev–Trinajstić information content (AvgIpc) is 2.53. The van der Waals surface area contributed by atoms with Crippen LogP contribution in [0.5, 0.6) is 5.75 Å². The number of aliphatic hydroxyl groups excluding tert-OH is 1. The van der Waals surface area contributed by atoms with Crippen LogP contribution in [0.25, 0.3) is 0 Å². The summed E-state index contributed by atoms with van der Waals surface area (Å²) in [4.78, 5) is 0.155. The van der Waals surface area contributed by atoms with Crippen LogP contribution >= 0.6 is 0 Å². The molecule has 124 valence electrons. The first-order valence-corrected chi connectivity index (χ1v) is 8.82. The number of ether oxygens (including phenoxy) is 1. The van der Waals surface area contributed by atoms with Crippen LogP contribution in [0.1, 0.15) is 38.0 Å². The molecule has 2 aromatic carbocycles. The Morgan fingerprint density at radius 1 is 1.04 bits per heavy atom. The van der Waals surface area contributed by atoms with E-state index in [-0.39, 0.29) is 4.90 Å². The number of hydrogen-bond acceptors (Lipinski definition) is 4. The van der Waals surface area contributed by atoms with Crippen LogP contribution in [-0.2, 0) is 9.84 Å². The zero-order valence-corrected chi connectivity index (χ0v) is 14.6. The van der Waals surface area contributed by atoms with Gasteiger partial charge in [0.05, 0.1) is 16.8 Å². The summed E-state index contributed by atoms with van der Waals surface area (Å²) in [7, 11) is -2.02. The van der Waals surface area contributed by atoms with Crippen molar-refractivity contribution in [1.29, 1.82) is 0 Å². The lowest BCUT2D eigenvalue weighted by atomic mass is 10.0. The van der Waals surface area contributed by atoms with Gasteiger partial charge in [0.2, 0.25) is 0 Å². The fourth-order valence-electron chi connectivity index (χ4n) is 2.27. The van der Waals surface area contributed by atoms with E-state index < -0.39 is 20.7 Å². The quantitative estimate of drug-likeness (QED) is 0.931. The van der Waals surface area contributed by atoms with Gasteiger partial charge in [0.25, 0.3) is 0 Å². The molecule has 1 unspecified atom stereocenters. The second-order valence-electron chi connectivity index (χ2n) is 6.33. The highest BCUT2D eigenvalue weighted by molar-refractivity contribution is 7.92. The van der Waals surface area contributed by atoms with E-state index in [2.05, 4.69) is 0 Å². The Labute approximate surface area is 137 Å². The third kappa shape index (κ3) is 3.41. The van der Waals surface area contributed by atoms with Gasteiger partial charge >= 0.3 is 0 Å². The van der Waals surface area contributed by atoms with Gasteiger partial charge in [-0.25, -0.2) is 8.42 Å². The normalized spacial score (nSPS) is 13.6. The van der Waals surface area contributed by atoms with E-state index in [9.17, 15) is 13.5 Å². The molecule has 0 spiro atoms. The Bertz CT molecular complexity index is 789. The summed E-state index contributed by atoms with van der Waals surface area (Å²) in [6.07, 6.45) is -1.04. The molecule has 0 saturated heterocycles.